The third kappa shape index (κ3) is 6.31. The summed E-state index contributed by atoms with van der Waals surface area (Å²) in [6, 6.07) is 16.3. The summed E-state index contributed by atoms with van der Waals surface area (Å²) in [5.74, 6) is 0.609. The molecular formula is C24H33N3O4S. The first-order valence-corrected chi connectivity index (χ1v) is 12.6. The van der Waals surface area contributed by atoms with Gasteiger partial charge in [-0.3, -0.25) is 4.79 Å². The summed E-state index contributed by atoms with van der Waals surface area (Å²) >= 11 is 0. The molecule has 1 aliphatic rings. The van der Waals surface area contributed by atoms with E-state index in [1.165, 1.54) is 4.31 Å². The second-order valence-electron chi connectivity index (χ2n) is 7.96. The van der Waals surface area contributed by atoms with Crippen LogP contribution in [0.1, 0.15) is 31.7 Å². The zero-order valence-corrected chi connectivity index (χ0v) is 19.7. The van der Waals surface area contributed by atoms with Crippen molar-refractivity contribution in [3.8, 4) is 5.75 Å². The van der Waals surface area contributed by atoms with Crippen molar-refractivity contribution < 1.29 is 17.9 Å². The first-order valence-electron chi connectivity index (χ1n) is 11.2. The molecule has 174 valence electrons. The average Bonchev–Trinajstić information content (AvgIpc) is 2.83. The van der Waals surface area contributed by atoms with E-state index in [0.717, 1.165) is 18.7 Å². The van der Waals surface area contributed by atoms with Crippen LogP contribution in [0, 0.1) is 0 Å². The molecular weight excluding hydrogens is 426 g/mol. The fourth-order valence-corrected chi connectivity index (χ4v) is 5.35. The molecule has 3 rings (SSSR count). The molecule has 0 saturated carbocycles. The van der Waals surface area contributed by atoms with E-state index < -0.39 is 10.0 Å². The van der Waals surface area contributed by atoms with Crippen LogP contribution in [-0.2, 0) is 14.8 Å². The molecule has 2 aromatic rings. The summed E-state index contributed by atoms with van der Waals surface area (Å²) < 4.78 is 33.9. The number of nitrogens with one attached hydrogen (secondary N) is 1. The van der Waals surface area contributed by atoms with Gasteiger partial charge in [-0.25, -0.2) is 8.42 Å². The molecule has 0 bridgehead atoms. The first-order chi connectivity index (χ1) is 15.4. The molecule has 0 aliphatic carbocycles. The molecule has 1 saturated heterocycles. The van der Waals surface area contributed by atoms with Crippen molar-refractivity contribution in [1.82, 2.24) is 14.5 Å². The normalized spacial score (nSPS) is 15.5. The number of amides is 1. The average molecular weight is 460 g/mol. The quantitative estimate of drug-likeness (QED) is 0.591. The number of sulfonamides is 1. The van der Waals surface area contributed by atoms with Gasteiger partial charge >= 0.3 is 0 Å². The Kier molecular flexibility index (Phi) is 8.67. The van der Waals surface area contributed by atoms with E-state index in [4.69, 9.17) is 4.74 Å². The highest BCUT2D eigenvalue weighted by Gasteiger charge is 2.28. The summed E-state index contributed by atoms with van der Waals surface area (Å²) in [4.78, 5) is 14.7. The van der Waals surface area contributed by atoms with E-state index >= 15 is 0 Å². The molecule has 1 fully saturated rings. The van der Waals surface area contributed by atoms with Crippen LogP contribution in [0.5, 0.6) is 5.75 Å². The lowest BCUT2D eigenvalue weighted by molar-refractivity contribution is -0.131. The SMILES string of the molecule is CCOc1ccc(S(=O)(=O)N(CCC(=O)N2CCNCC2)C[C@H](C)c2ccccc2)cc1. The van der Waals surface area contributed by atoms with Gasteiger partial charge in [0.1, 0.15) is 5.75 Å². The number of rotatable bonds is 10. The topological polar surface area (TPSA) is 79.0 Å². The molecule has 0 unspecified atom stereocenters. The van der Waals surface area contributed by atoms with Crippen molar-refractivity contribution in [3.05, 3.63) is 60.2 Å². The minimum absolute atomic E-state index is 0.00856. The monoisotopic (exact) mass is 459 g/mol. The van der Waals surface area contributed by atoms with Crippen molar-refractivity contribution >= 4 is 15.9 Å². The molecule has 0 radical (unpaired) electrons. The van der Waals surface area contributed by atoms with E-state index in [-0.39, 0.29) is 29.7 Å². The van der Waals surface area contributed by atoms with Crippen LogP contribution in [0.25, 0.3) is 0 Å². The lowest BCUT2D eigenvalue weighted by Gasteiger charge is -2.29. The van der Waals surface area contributed by atoms with Crippen LogP contribution >= 0.6 is 0 Å². The highest BCUT2D eigenvalue weighted by Crippen LogP contribution is 2.24. The Bertz CT molecular complexity index is 958. The Hall–Kier alpha value is -2.42. The number of nitrogens with zero attached hydrogens (tertiary/aromatic N) is 2. The number of ether oxygens (including phenoxy) is 1. The molecule has 0 aromatic heterocycles. The molecule has 2 aromatic carbocycles. The van der Waals surface area contributed by atoms with Gasteiger partial charge in [0.15, 0.2) is 0 Å². The molecule has 0 spiro atoms. The minimum atomic E-state index is -3.77. The molecule has 7 nitrogen and oxygen atoms in total. The lowest BCUT2D eigenvalue weighted by Crippen LogP contribution is -2.47. The van der Waals surface area contributed by atoms with Crippen LogP contribution in [-0.4, -0.2) is 69.4 Å². The molecule has 1 amide bonds. The van der Waals surface area contributed by atoms with Crippen LogP contribution in [0.3, 0.4) is 0 Å². The van der Waals surface area contributed by atoms with Crippen molar-refractivity contribution in [1.29, 1.82) is 0 Å². The van der Waals surface area contributed by atoms with Gasteiger partial charge in [0.25, 0.3) is 0 Å². The maximum atomic E-state index is 13.5. The third-order valence-corrected chi connectivity index (χ3v) is 7.54. The van der Waals surface area contributed by atoms with Gasteiger partial charge in [-0.1, -0.05) is 37.3 Å². The van der Waals surface area contributed by atoms with E-state index in [2.05, 4.69) is 5.32 Å². The van der Waals surface area contributed by atoms with Gasteiger partial charge in [-0.2, -0.15) is 4.31 Å². The smallest absolute Gasteiger partial charge is 0.243 e. The van der Waals surface area contributed by atoms with Crippen LogP contribution < -0.4 is 10.1 Å². The number of carbonyl (C=O) groups is 1. The van der Waals surface area contributed by atoms with Gasteiger partial charge in [0, 0.05) is 45.7 Å². The van der Waals surface area contributed by atoms with E-state index in [0.29, 0.717) is 32.0 Å². The maximum absolute atomic E-state index is 13.5. The van der Waals surface area contributed by atoms with Crippen molar-refractivity contribution in [3.63, 3.8) is 0 Å². The third-order valence-electron chi connectivity index (χ3n) is 5.66. The summed E-state index contributed by atoms with van der Waals surface area (Å²) in [6.45, 7) is 7.71. The van der Waals surface area contributed by atoms with Crippen molar-refractivity contribution in [2.45, 2.75) is 31.1 Å². The predicted molar refractivity (Wildman–Crippen MR) is 125 cm³/mol. The van der Waals surface area contributed by atoms with Gasteiger partial charge in [-0.15, -0.1) is 0 Å². The highest BCUT2D eigenvalue weighted by atomic mass is 32.2. The summed E-state index contributed by atoms with van der Waals surface area (Å²) in [6.07, 6.45) is 0.164. The Morgan fingerprint density at radius 3 is 2.38 bits per heavy atom. The predicted octanol–water partition coefficient (Wildman–Crippen LogP) is 2.70. The maximum Gasteiger partial charge on any atom is 0.243 e. The van der Waals surface area contributed by atoms with Crippen molar-refractivity contribution in [2.75, 3.05) is 45.9 Å². The second-order valence-corrected chi connectivity index (χ2v) is 9.90. The molecule has 1 N–H and O–H groups in total. The first kappa shape index (κ1) is 24.2. The Balaban J connectivity index is 1.78. The van der Waals surface area contributed by atoms with E-state index in [1.54, 1.807) is 29.2 Å². The summed E-state index contributed by atoms with van der Waals surface area (Å²) in [5, 5.41) is 3.23. The Labute approximate surface area is 191 Å². The standard InChI is InChI=1S/C24H33N3O4S/c1-3-31-22-9-11-23(12-10-22)32(29,30)27(19-20(2)21-7-5-4-6-8-21)16-13-24(28)26-17-14-25-15-18-26/h4-12,20,25H,3,13-19H2,1-2H3/t20-/m0/s1. The number of hydrogen-bond donors (Lipinski definition) is 1. The van der Waals surface area contributed by atoms with Crippen LogP contribution in [0.15, 0.2) is 59.5 Å². The zero-order valence-electron chi connectivity index (χ0n) is 18.9. The fraction of sp³-hybridized carbons (Fsp3) is 0.458. The van der Waals surface area contributed by atoms with Gasteiger partial charge in [-0.05, 0) is 42.7 Å². The Morgan fingerprint density at radius 2 is 1.75 bits per heavy atom. The van der Waals surface area contributed by atoms with E-state index in [9.17, 15) is 13.2 Å². The van der Waals surface area contributed by atoms with Crippen LogP contribution in [0.2, 0.25) is 0 Å². The van der Waals surface area contributed by atoms with Gasteiger partial charge in [0.05, 0.1) is 11.5 Å². The van der Waals surface area contributed by atoms with Crippen molar-refractivity contribution in [2.24, 2.45) is 0 Å². The number of carbonyl (C=O) groups excluding carboxylic acids is 1. The zero-order chi connectivity index (χ0) is 23.0. The second kappa shape index (κ2) is 11.4. The number of piperazine rings is 1. The molecule has 8 heteroatoms. The molecule has 1 atom stereocenters. The van der Waals surface area contributed by atoms with Gasteiger partial charge < -0.3 is 15.0 Å². The minimum Gasteiger partial charge on any atom is -0.494 e. The summed E-state index contributed by atoms with van der Waals surface area (Å²) in [7, 11) is -3.77. The Morgan fingerprint density at radius 1 is 1.09 bits per heavy atom. The number of benzene rings is 2. The fourth-order valence-electron chi connectivity index (χ4n) is 3.82. The molecule has 32 heavy (non-hydrogen) atoms. The largest absolute Gasteiger partial charge is 0.494 e. The molecule has 1 heterocycles. The highest BCUT2D eigenvalue weighted by molar-refractivity contribution is 7.89. The number of hydrogen-bond acceptors (Lipinski definition) is 5. The lowest BCUT2D eigenvalue weighted by atomic mass is 10.0. The summed E-state index contributed by atoms with van der Waals surface area (Å²) in [5.41, 5.74) is 1.06. The van der Waals surface area contributed by atoms with Gasteiger partial charge in [0.2, 0.25) is 15.9 Å². The van der Waals surface area contributed by atoms with Crippen LogP contribution in [0.4, 0.5) is 0 Å². The van der Waals surface area contributed by atoms with E-state index in [1.807, 2.05) is 44.2 Å². The molecule has 1 aliphatic heterocycles.